The number of anilines is 2. The summed E-state index contributed by atoms with van der Waals surface area (Å²) < 4.78 is 4.96. The van der Waals surface area contributed by atoms with Gasteiger partial charge in [0.1, 0.15) is 0 Å². The lowest BCUT2D eigenvalue weighted by molar-refractivity contribution is 0.255. The fourth-order valence-corrected chi connectivity index (χ4v) is 1.77. The van der Waals surface area contributed by atoms with Gasteiger partial charge in [-0.25, -0.2) is 5.84 Å². The molecule has 8 nitrogen and oxygen atoms in total. The summed E-state index contributed by atoms with van der Waals surface area (Å²) in [6, 6.07) is 0.194. The second-order valence-electron chi connectivity index (χ2n) is 4.16. The molecule has 0 bridgehead atoms. The Bertz CT molecular complexity index is 348. The number of rotatable bonds is 9. The first kappa shape index (κ1) is 15.4. The molecule has 19 heavy (non-hydrogen) atoms. The molecule has 0 fully saturated rings. The van der Waals surface area contributed by atoms with E-state index in [0.29, 0.717) is 18.4 Å². The van der Waals surface area contributed by atoms with Crippen molar-refractivity contribution in [2.75, 3.05) is 31.0 Å². The number of nitrogens with two attached hydrogens (primary N) is 1. The Morgan fingerprint density at radius 1 is 1.26 bits per heavy atom. The van der Waals surface area contributed by atoms with Crippen molar-refractivity contribution in [1.29, 1.82) is 0 Å². The Labute approximate surface area is 112 Å². The molecule has 0 amide bonds. The van der Waals surface area contributed by atoms with E-state index in [0.717, 1.165) is 19.3 Å². The summed E-state index contributed by atoms with van der Waals surface area (Å²) in [5, 5.41) is 12.1. The molecule has 108 valence electrons. The number of nitrogens with one attached hydrogen (secondary N) is 2. The standard InChI is InChI=1S/C11H22N6O2/c1-3-4-8(5-6-18)7-13-9-14-10(17-12)16-11(15-9)19-2/h8,18H,3-7,12H2,1-2H3,(H2,13,14,15,16,17). The fourth-order valence-electron chi connectivity index (χ4n) is 1.77. The molecule has 1 unspecified atom stereocenters. The van der Waals surface area contributed by atoms with Crippen molar-refractivity contribution >= 4 is 11.9 Å². The van der Waals surface area contributed by atoms with Crippen LogP contribution in [0, 0.1) is 5.92 Å². The predicted molar refractivity (Wildman–Crippen MR) is 72.8 cm³/mol. The van der Waals surface area contributed by atoms with Crippen molar-refractivity contribution in [2.24, 2.45) is 11.8 Å². The van der Waals surface area contributed by atoms with Crippen molar-refractivity contribution in [1.82, 2.24) is 15.0 Å². The Hall–Kier alpha value is -1.67. The lowest BCUT2D eigenvalue weighted by Gasteiger charge is -2.15. The molecule has 0 aromatic carbocycles. The molecule has 1 atom stereocenters. The molecule has 0 aliphatic rings. The summed E-state index contributed by atoms with van der Waals surface area (Å²) >= 11 is 0. The van der Waals surface area contributed by atoms with E-state index in [2.05, 4.69) is 32.6 Å². The maximum atomic E-state index is 9.01. The highest BCUT2D eigenvalue weighted by Crippen LogP contribution is 2.14. The SMILES string of the molecule is CCCC(CCO)CNc1nc(NN)nc(OC)n1. The van der Waals surface area contributed by atoms with Gasteiger partial charge in [0.05, 0.1) is 7.11 Å². The molecule has 0 saturated heterocycles. The van der Waals surface area contributed by atoms with Crippen LogP contribution in [-0.2, 0) is 0 Å². The van der Waals surface area contributed by atoms with Gasteiger partial charge in [0, 0.05) is 13.2 Å². The molecule has 1 aromatic rings. The minimum Gasteiger partial charge on any atom is -0.467 e. The van der Waals surface area contributed by atoms with Crippen LogP contribution in [0.1, 0.15) is 26.2 Å². The summed E-state index contributed by atoms with van der Waals surface area (Å²) in [5.74, 6) is 6.30. The van der Waals surface area contributed by atoms with Crippen LogP contribution in [0.25, 0.3) is 0 Å². The zero-order chi connectivity index (χ0) is 14.1. The first-order chi connectivity index (χ1) is 9.23. The molecule has 8 heteroatoms. The Kier molecular flexibility index (Phi) is 6.83. The number of nitrogens with zero attached hydrogens (tertiary/aromatic N) is 3. The third kappa shape index (κ3) is 5.23. The Balaban J connectivity index is 2.64. The third-order valence-corrected chi connectivity index (χ3v) is 2.71. The molecule has 0 saturated carbocycles. The minimum atomic E-state index is 0.183. The highest BCUT2D eigenvalue weighted by Gasteiger charge is 2.10. The molecule has 0 aliphatic carbocycles. The zero-order valence-corrected chi connectivity index (χ0v) is 11.4. The number of aliphatic hydroxyl groups excluding tert-OH is 1. The quantitative estimate of drug-likeness (QED) is 0.375. The minimum absolute atomic E-state index is 0.183. The van der Waals surface area contributed by atoms with Crippen molar-refractivity contribution in [3.8, 4) is 6.01 Å². The summed E-state index contributed by atoms with van der Waals surface area (Å²) in [6.07, 6.45) is 2.87. The zero-order valence-electron chi connectivity index (χ0n) is 11.4. The average Bonchev–Trinajstić information content (AvgIpc) is 2.44. The van der Waals surface area contributed by atoms with Crippen molar-refractivity contribution < 1.29 is 9.84 Å². The van der Waals surface area contributed by atoms with Gasteiger partial charge in [-0.1, -0.05) is 13.3 Å². The van der Waals surface area contributed by atoms with Gasteiger partial charge in [0.15, 0.2) is 0 Å². The van der Waals surface area contributed by atoms with Gasteiger partial charge in [0.2, 0.25) is 11.9 Å². The third-order valence-electron chi connectivity index (χ3n) is 2.71. The van der Waals surface area contributed by atoms with Crippen LogP contribution in [0.2, 0.25) is 0 Å². The van der Waals surface area contributed by atoms with Gasteiger partial charge in [-0.3, -0.25) is 5.43 Å². The van der Waals surface area contributed by atoms with Gasteiger partial charge < -0.3 is 15.2 Å². The van der Waals surface area contributed by atoms with E-state index < -0.39 is 0 Å². The number of methoxy groups -OCH3 is 1. The topological polar surface area (TPSA) is 118 Å². The first-order valence-electron chi connectivity index (χ1n) is 6.34. The van der Waals surface area contributed by atoms with Crippen LogP contribution in [0.3, 0.4) is 0 Å². The van der Waals surface area contributed by atoms with Crippen molar-refractivity contribution in [3.63, 3.8) is 0 Å². The van der Waals surface area contributed by atoms with Crippen LogP contribution in [0.5, 0.6) is 6.01 Å². The van der Waals surface area contributed by atoms with E-state index in [1.165, 1.54) is 7.11 Å². The van der Waals surface area contributed by atoms with Crippen LogP contribution in [0.15, 0.2) is 0 Å². The van der Waals surface area contributed by atoms with Crippen LogP contribution in [0.4, 0.5) is 11.9 Å². The highest BCUT2D eigenvalue weighted by molar-refractivity contribution is 5.34. The average molecular weight is 270 g/mol. The second kappa shape index (κ2) is 8.44. The van der Waals surface area contributed by atoms with Gasteiger partial charge in [-0.2, -0.15) is 15.0 Å². The number of hydrazine groups is 1. The largest absolute Gasteiger partial charge is 0.467 e. The molecule has 0 radical (unpaired) electrons. The fraction of sp³-hybridized carbons (Fsp3) is 0.727. The molecule has 0 spiro atoms. The molecule has 0 aliphatic heterocycles. The lowest BCUT2D eigenvalue weighted by atomic mass is 10.0. The molecule has 1 aromatic heterocycles. The van der Waals surface area contributed by atoms with Crippen LogP contribution < -0.4 is 21.3 Å². The summed E-state index contributed by atoms with van der Waals surface area (Å²) in [4.78, 5) is 12.1. The van der Waals surface area contributed by atoms with Gasteiger partial charge in [-0.05, 0) is 18.8 Å². The van der Waals surface area contributed by atoms with E-state index in [4.69, 9.17) is 15.7 Å². The highest BCUT2D eigenvalue weighted by atomic mass is 16.5. The first-order valence-corrected chi connectivity index (χ1v) is 6.34. The lowest BCUT2D eigenvalue weighted by Crippen LogP contribution is -2.19. The van der Waals surface area contributed by atoms with E-state index >= 15 is 0 Å². The van der Waals surface area contributed by atoms with E-state index in [1.807, 2.05) is 0 Å². The number of aromatic nitrogens is 3. The molecule has 1 rings (SSSR count). The second-order valence-corrected chi connectivity index (χ2v) is 4.16. The van der Waals surface area contributed by atoms with Crippen LogP contribution in [-0.4, -0.2) is 40.3 Å². The number of nitrogen functional groups attached to an aromatic ring is 1. The number of hydrogen-bond donors (Lipinski definition) is 4. The summed E-state index contributed by atoms with van der Waals surface area (Å²) in [5.41, 5.74) is 2.36. The van der Waals surface area contributed by atoms with E-state index in [1.54, 1.807) is 0 Å². The maximum absolute atomic E-state index is 9.01. The van der Waals surface area contributed by atoms with Crippen molar-refractivity contribution in [2.45, 2.75) is 26.2 Å². The van der Waals surface area contributed by atoms with E-state index in [-0.39, 0.29) is 18.6 Å². The number of aliphatic hydroxyl groups is 1. The normalized spacial score (nSPS) is 12.0. The van der Waals surface area contributed by atoms with Gasteiger partial charge in [-0.15, -0.1) is 0 Å². The predicted octanol–water partition coefficient (Wildman–Crippen LogP) is 0.376. The number of hydrogen-bond acceptors (Lipinski definition) is 8. The monoisotopic (exact) mass is 270 g/mol. The molecule has 1 heterocycles. The summed E-state index contributed by atoms with van der Waals surface area (Å²) in [7, 11) is 1.48. The number of ether oxygens (including phenoxy) is 1. The van der Waals surface area contributed by atoms with E-state index in [9.17, 15) is 0 Å². The molecule has 5 N–H and O–H groups in total. The molecular formula is C11H22N6O2. The van der Waals surface area contributed by atoms with Crippen molar-refractivity contribution in [3.05, 3.63) is 0 Å². The Morgan fingerprint density at radius 3 is 2.58 bits per heavy atom. The summed E-state index contributed by atoms with van der Waals surface area (Å²) in [6.45, 7) is 2.99. The van der Waals surface area contributed by atoms with Gasteiger partial charge >= 0.3 is 6.01 Å². The Morgan fingerprint density at radius 2 is 2.00 bits per heavy atom. The van der Waals surface area contributed by atoms with Crippen LogP contribution >= 0.6 is 0 Å². The maximum Gasteiger partial charge on any atom is 0.322 e. The van der Waals surface area contributed by atoms with Gasteiger partial charge in [0.25, 0.3) is 0 Å². The smallest absolute Gasteiger partial charge is 0.322 e. The molecular weight excluding hydrogens is 248 g/mol.